The molecule has 358 valence electrons. The average Bonchev–Trinajstić information content (AvgIpc) is 3.62. The average molecular weight is 931 g/mol. The molecule has 0 spiro atoms. The maximum atomic E-state index is 14.4. The molecule has 65 heavy (non-hydrogen) atoms. The van der Waals surface area contributed by atoms with E-state index in [-0.39, 0.29) is 48.0 Å². The number of carbonyl (C=O) groups is 2. The Balaban J connectivity index is 1.33. The fourth-order valence-electron chi connectivity index (χ4n) is 10.3. The highest BCUT2D eigenvalue weighted by molar-refractivity contribution is 7.90. The van der Waals surface area contributed by atoms with Crippen molar-refractivity contribution in [2.45, 2.75) is 89.3 Å². The summed E-state index contributed by atoms with van der Waals surface area (Å²) in [6, 6.07) is 18.7. The van der Waals surface area contributed by atoms with Crippen LogP contribution in [0.2, 0.25) is 0 Å². The highest BCUT2D eigenvalue weighted by Gasteiger charge is 2.57. The number of hydrogen-bond acceptors (Lipinski definition) is 11. The number of sulfonamides is 1. The molecule has 1 aliphatic heterocycles. The molecule has 1 saturated heterocycles. The van der Waals surface area contributed by atoms with Gasteiger partial charge in [0, 0.05) is 67.1 Å². The summed E-state index contributed by atoms with van der Waals surface area (Å²) in [5.74, 6) is 0.123. The van der Waals surface area contributed by atoms with Crippen LogP contribution >= 0.6 is 0 Å². The second-order valence-corrected chi connectivity index (χ2v) is 20.6. The van der Waals surface area contributed by atoms with Gasteiger partial charge in [0.15, 0.2) is 0 Å². The van der Waals surface area contributed by atoms with Crippen LogP contribution in [-0.2, 0) is 32.6 Å². The lowest BCUT2D eigenvalue weighted by atomic mass is 9.45. The number of likely N-dealkylation sites (N-methyl/N-ethyl adjacent to an activating group) is 2. The van der Waals surface area contributed by atoms with Crippen molar-refractivity contribution in [3.63, 3.8) is 0 Å². The third-order valence-corrected chi connectivity index (χ3v) is 15.1. The summed E-state index contributed by atoms with van der Waals surface area (Å²) in [6.45, 7) is 7.67. The number of alkyl halides is 3. The third kappa shape index (κ3) is 11.1. The summed E-state index contributed by atoms with van der Waals surface area (Å²) in [4.78, 5) is 38.4. The molecule has 1 heterocycles. The second-order valence-electron chi connectivity index (χ2n) is 18.9. The van der Waals surface area contributed by atoms with Crippen LogP contribution in [0.15, 0.2) is 66.7 Å². The minimum atomic E-state index is -5.59. The Morgan fingerprint density at radius 3 is 2.35 bits per heavy atom. The quantitative estimate of drug-likeness (QED) is 0.112. The number of aliphatic hydroxyl groups is 2. The number of amides is 2. The molecule has 5 N–H and O–H groups in total. The van der Waals surface area contributed by atoms with E-state index in [2.05, 4.69) is 31.4 Å². The van der Waals surface area contributed by atoms with E-state index in [0.29, 0.717) is 52.9 Å². The number of methoxy groups -OCH3 is 1. The summed E-state index contributed by atoms with van der Waals surface area (Å²) in [5.41, 5.74) is -2.00. The summed E-state index contributed by atoms with van der Waals surface area (Å²) in [7, 11) is 1.27. The van der Waals surface area contributed by atoms with Crippen molar-refractivity contribution in [3.8, 4) is 16.9 Å². The third-order valence-electron chi connectivity index (χ3n) is 13.9. The van der Waals surface area contributed by atoms with Crippen molar-refractivity contribution in [2.75, 3.05) is 59.4 Å². The monoisotopic (exact) mass is 930 g/mol. The summed E-state index contributed by atoms with van der Waals surface area (Å²) >= 11 is 0. The number of nitrogens with zero attached hydrogens (tertiary/aromatic N) is 3. The van der Waals surface area contributed by atoms with Gasteiger partial charge in [-0.15, -0.1) is 0 Å². The van der Waals surface area contributed by atoms with Crippen LogP contribution < -0.4 is 25.0 Å². The molecule has 0 radical (unpaired) electrons. The Labute approximate surface area is 380 Å². The number of rotatable bonds is 19. The predicted molar refractivity (Wildman–Crippen MR) is 242 cm³/mol. The minimum Gasteiger partial charge on any atom is -0.496 e. The Bertz CT molecular complexity index is 2250. The van der Waals surface area contributed by atoms with E-state index in [4.69, 9.17) is 9.57 Å². The normalized spacial score (nSPS) is 25.1. The number of carbonyl (C=O) groups excluding carboxylic acids is 2. The van der Waals surface area contributed by atoms with Gasteiger partial charge in [0.05, 0.1) is 26.4 Å². The van der Waals surface area contributed by atoms with E-state index in [1.807, 2.05) is 49.3 Å². The molecule has 4 fully saturated rings. The van der Waals surface area contributed by atoms with Gasteiger partial charge in [0.25, 0.3) is 5.91 Å². The Hall–Kier alpha value is -4.30. The van der Waals surface area contributed by atoms with E-state index in [9.17, 15) is 41.4 Å². The minimum absolute atomic E-state index is 0.00527. The number of para-hydroxylation sites is 1. The summed E-state index contributed by atoms with van der Waals surface area (Å²) < 4.78 is 70.6. The number of fused-ring (bicyclic) bond motifs is 2. The van der Waals surface area contributed by atoms with Crippen LogP contribution in [0.3, 0.4) is 0 Å². The zero-order valence-electron chi connectivity index (χ0n) is 38.4. The Morgan fingerprint density at radius 2 is 1.75 bits per heavy atom. The number of benzene rings is 3. The van der Waals surface area contributed by atoms with Crippen molar-refractivity contribution in [3.05, 3.63) is 83.4 Å². The van der Waals surface area contributed by atoms with Crippen molar-refractivity contribution in [2.24, 2.45) is 29.1 Å². The van der Waals surface area contributed by atoms with Crippen molar-refractivity contribution in [1.29, 1.82) is 0 Å². The smallest absolute Gasteiger partial charge is 0.496 e. The lowest BCUT2D eigenvalue weighted by Gasteiger charge is -2.62. The highest BCUT2D eigenvalue weighted by atomic mass is 32.2. The van der Waals surface area contributed by atoms with Crippen LogP contribution in [0.4, 0.5) is 18.9 Å². The molecule has 3 aromatic rings. The van der Waals surface area contributed by atoms with E-state index >= 15 is 0 Å². The van der Waals surface area contributed by atoms with E-state index in [0.717, 1.165) is 18.4 Å². The molecular formula is C47H65F3N6O8S. The van der Waals surface area contributed by atoms with Crippen LogP contribution in [0.1, 0.15) is 62.0 Å². The lowest BCUT2D eigenvalue weighted by molar-refractivity contribution is -0.183. The molecule has 9 atom stereocenters. The molecule has 0 aromatic heterocycles. The molecule has 4 aliphatic rings. The summed E-state index contributed by atoms with van der Waals surface area (Å²) in [5, 5.41) is 29.4. The number of ether oxygens (including phenoxy) is 1. The van der Waals surface area contributed by atoms with E-state index in [1.54, 1.807) is 60.0 Å². The number of aliphatic hydroxyl groups excluding tert-OH is 2. The van der Waals surface area contributed by atoms with Crippen LogP contribution in [0.5, 0.6) is 5.75 Å². The van der Waals surface area contributed by atoms with Gasteiger partial charge in [-0.1, -0.05) is 69.3 Å². The van der Waals surface area contributed by atoms with E-state index in [1.165, 1.54) is 12.2 Å². The van der Waals surface area contributed by atoms with Gasteiger partial charge in [0.2, 0.25) is 5.91 Å². The molecular weight excluding hydrogens is 866 g/mol. The number of nitrogens with one attached hydrogen (secondary N) is 3. The zero-order chi connectivity index (χ0) is 47.6. The predicted octanol–water partition coefficient (Wildman–Crippen LogP) is 4.80. The molecule has 2 amide bonds. The lowest BCUT2D eigenvalue weighted by Crippen LogP contribution is -2.62. The molecule has 18 heteroatoms. The molecule has 7 rings (SSSR count). The standard InChI is InChI=1S/C47H65F3N6O8S/c1-28-38-23-34(46(38,3)4)24-39(28)53-45(60)42-41(29(2)58)40(27-57)64-56(42)25-31-15-12-16-37(43(31)63-8)32-20-33(22-36(21-32)55(7)18-17-51-65(61,62)47(48,49)50)44(59)52-35(26-54(5)6)19-30-13-10-9-11-14-30/h9-16,20-22,28-29,34-35,38-42,51,57-58H,17-19,23-27H2,1-8H3,(H,52,59)(H,53,60)/t28-,29-,34+,35-,38-,39?,40-,41?,42-/m0/s1. The van der Waals surface area contributed by atoms with Gasteiger partial charge in [-0.3, -0.25) is 14.4 Å². The number of halogens is 3. The molecule has 3 saturated carbocycles. The SMILES string of the molecule is COc1c(CN2O[C@@H](CO)C([C@H](C)O)[C@H]2C(=O)NC2C[C@H]3C[C@@H]([C@@H]2C)C3(C)C)cccc1-c1cc(C(=O)N[C@@H](Cc2ccccc2)CN(C)C)cc(N(C)CCNS(=O)(=O)C(F)(F)F)c1. The highest BCUT2D eigenvalue weighted by Crippen LogP contribution is 2.61. The van der Waals surface area contributed by atoms with Crippen LogP contribution in [0.25, 0.3) is 11.1 Å². The fraction of sp³-hybridized carbons (Fsp3) is 0.574. The van der Waals surface area contributed by atoms with Crippen LogP contribution in [-0.4, -0.2) is 131 Å². The van der Waals surface area contributed by atoms with Gasteiger partial charge in [0.1, 0.15) is 17.9 Å². The van der Waals surface area contributed by atoms with Gasteiger partial charge in [-0.25, -0.2) is 13.1 Å². The molecule has 2 unspecified atom stereocenters. The fourth-order valence-corrected chi connectivity index (χ4v) is 10.8. The molecule has 14 nitrogen and oxygen atoms in total. The van der Waals surface area contributed by atoms with E-state index < -0.39 is 58.8 Å². The first-order chi connectivity index (χ1) is 30.6. The van der Waals surface area contributed by atoms with Gasteiger partial charge in [-0.05, 0) is 92.8 Å². The molecule has 3 aromatic carbocycles. The first-order valence-corrected chi connectivity index (χ1v) is 23.6. The molecule has 2 bridgehead atoms. The van der Waals surface area contributed by atoms with Gasteiger partial charge < -0.3 is 35.4 Å². The second kappa shape index (κ2) is 20.3. The van der Waals surface area contributed by atoms with Gasteiger partial charge in [-0.2, -0.15) is 18.2 Å². The topological polar surface area (TPSA) is 173 Å². The van der Waals surface area contributed by atoms with Crippen LogP contribution in [0, 0.1) is 29.1 Å². The maximum absolute atomic E-state index is 14.4. The molecule has 3 aliphatic carbocycles. The first-order valence-electron chi connectivity index (χ1n) is 22.2. The van der Waals surface area contributed by atoms with Gasteiger partial charge >= 0.3 is 15.5 Å². The Kier molecular flexibility index (Phi) is 15.6. The number of anilines is 1. The number of hydrogen-bond donors (Lipinski definition) is 5. The van der Waals surface area contributed by atoms with Crippen molar-refractivity contribution < 1.29 is 51.0 Å². The van der Waals surface area contributed by atoms with Crippen molar-refractivity contribution in [1.82, 2.24) is 25.3 Å². The number of hydroxylamine groups is 2. The zero-order valence-corrected chi connectivity index (χ0v) is 39.2. The summed E-state index contributed by atoms with van der Waals surface area (Å²) in [6.07, 6.45) is 0.649. The maximum Gasteiger partial charge on any atom is 0.511 e. The first kappa shape index (κ1) is 50.1. The Morgan fingerprint density at radius 1 is 1.05 bits per heavy atom. The largest absolute Gasteiger partial charge is 0.511 e. The van der Waals surface area contributed by atoms with Crippen molar-refractivity contribution >= 4 is 27.5 Å².